The molecule has 4 heteroatoms. The predicted octanol–water partition coefficient (Wildman–Crippen LogP) is 1.05. The van der Waals surface area contributed by atoms with Gasteiger partial charge in [0.25, 0.3) is 0 Å². The molecular formula is C11H24N2O2. The minimum atomic E-state index is -0.206. The second-order valence-electron chi connectivity index (χ2n) is 4.56. The Morgan fingerprint density at radius 3 is 2.60 bits per heavy atom. The maximum absolute atomic E-state index is 11.5. The fourth-order valence-corrected chi connectivity index (χ4v) is 1.32. The Hall–Kier alpha value is -0.610. The molecule has 0 saturated carbocycles. The molecule has 3 N–H and O–H groups in total. The number of carbonyl (C=O) groups is 1. The van der Waals surface area contributed by atoms with E-state index < -0.39 is 0 Å². The summed E-state index contributed by atoms with van der Waals surface area (Å²) in [5.41, 5.74) is 5.26. The molecule has 0 heterocycles. The van der Waals surface area contributed by atoms with E-state index in [1.165, 1.54) is 0 Å². The van der Waals surface area contributed by atoms with E-state index in [0.29, 0.717) is 13.0 Å². The number of nitrogens with one attached hydrogen (secondary N) is 1. The normalized spacial score (nSPS) is 13.7. The zero-order valence-corrected chi connectivity index (χ0v) is 10.3. The molecule has 0 fully saturated rings. The third-order valence-electron chi connectivity index (χ3n) is 2.43. The Morgan fingerprint density at radius 2 is 2.13 bits per heavy atom. The minimum absolute atomic E-state index is 0.0670. The van der Waals surface area contributed by atoms with Gasteiger partial charge in [-0.15, -0.1) is 0 Å². The van der Waals surface area contributed by atoms with Crippen molar-refractivity contribution in [3.8, 4) is 0 Å². The highest BCUT2D eigenvalue weighted by Gasteiger charge is 2.19. The molecule has 0 aromatic carbocycles. The molecule has 0 radical (unpaired) electrons. The average molecular weight is 216 g/mol. The summed E-state index contributed by atoms with van der Waals surface area (Å²) in [6, 6.07) is 0. The first-order valence-electron chi connectivity index (χ1n) is 5.45. The number of rotatable bonds is 7. The van der Waals surface area contributed by atoms with Gasteiger partial charge in [-0.1, -0.05) is 0 Å². The SMILES string of the molecule is COC(C)CCC(=O)NC(C)(C)CCN. The van der Waals surface area contributed by atoms with E-state index in [9.17, 15) is 4.79 Å². The Kier molecular flexibility index (Phi) is 6.52. The third kappa shape index (κ3) is 7.33. The molecule has 0 aliphatic heterocycles. The monoisotopic (exact) mass is 216 g/mol. The zero-order chi connectivity index (χ0) is 11.9. The van der Waals surface area contributed by atoms with Crippen molar-refractivity contribution < 1.29 is 9.53 Å². The van der Waals surface area contributed by atoms with Gasteiger partial charge in [0.1, 0.15) is 0 Å². The summed E-state index contributed by atoms with van der Waals surface area (Å²) in [5, 5.41) is 2.96. The molecule has 1 unspecified atom stereocenters. The average Bonchev–Trinajstić information content (AvgIpc) is 2.13. The summed E-state index contributed by atoms with van der Waals surface area (Å²) in [7, 11) is 1.65. The summed E-state index contributed by atoms with van der Waals surface area (Å²) in [5.74, 6) is 0.0670. The van der Waals surface area contributed by atoms with E-state index in [1.807, 2.05) is 20.8 Å². The standard InChI is InChI=1S/C11H24N2O2/c1-9(15-4)5-6-10(14)13-11(2,3)7-8-12/h9H,5-8,12H2,1-4H3,(H,13,14). The van der Waals surface area contributed by atoms with E-state index in [-0.39, 0.29) is 17.6 Å². The lowest BCUT2D eigenvalue weighted by Crippen LogP contribution is -2.44. The van der Waals surface area contributed by atoms with Crippen LogP contribution in [0.4, 0.5) is 0 Å². The summed E-state index contributed by atoms with van der Waals surface area (Å²) < 4.78 is 5.08. The Labute approximate surface area is 92.6 Å². The predicted molar refractivity (Wildman–Crippen MR) is 61.6 cm³/mol. The molecule has 1 amide bonds. The molecule has 0 bridgehead atoms. The van der Waals surface area contributed by atoms with Crippen LogP contribution >= 0.6 is 0 Å². The summed E-state index contributed by atoms with van der Waals surface area (Å²) >= 11 is 0. The van der Waals surface area contributed by atoms with Crippen LogP contribution < -0.4 is 11.1 Å². The number of ether oxygens (including phenoxy) is 1. The zero-order valence-electron chi connectivity index (χ0n) is 10.3. The molecule has 1 atom stereocenters. The van der Waals surface area contributed by atoms with Gasteiger partial charge in [-0.05, 0) is 40.2 Å². The molecule has 0 aromatic heterocycles. The van der Waals surface area contributed by atoms with Gasteiger partial charge in [0.15, 0.2) is 0 Å². The van der Waals surface area contributed by atoms with Crippen molar-refractivity contribution in [2.45, 2.75) is 51.7 Å². The molecule has 0 aliphatic rings. The molecule has 0 saturated heterocycles. The Morgan fingerprint density at radius 1 is 1.53 bits per heavy atom. The Balaban J connectivity index is 3.82. The van der Waals surface area contributed by atoms with Crippen LogP contribution in [-0.4, -0.2) is 31.2 Å². The fourth-order valence-electron chi connectivity index (χ4n) is 1.32. The van der Waals surface area contributed by atoms with Crippen LogP contribution in [0.1, 0.15) is 40.0 Å². The molecular weight excluding hydrogens is 192 g/mol. The quantitative estimate of drug-likeness (QED) is 0.668. The van der Waals surface area contributed by atoms with Crippen LogP contribution in [0.3, 0.4) is 0 Å². The lowest BCUT2D eigenvalue weighted by Gasteiger charge is -2.25. The first-order valence-corrected chi connectivity index (χ1v) is 5.45. The van der Waals surface area contributed by atoms with Crippen LogP contribution in [0.5, 0.6) is 0 Å². The van der Waals surface area contributed by atoms with E-state index in [0.717, 1.165) is 12.8 Å². The van der Waals surface area contributed by atoms with Gasteiger partial charge in [0, 0.05) is 19.1 Å². The van der Waals surface area contributed by atoms with Gasteiger partial charge in [-0.25, -0.2) is 0 Å². The smallest absolute Gasteiger partial charge is 0.220 e. The van der Waals surface area contributed by atoms with Crippen molar-refractivity contribution in [3.63, 3.8) is 0 Å². The Bertz CT molecular complexity index is 193. The van der Waals surface area contributed by atoms with Gasteiger partial charge in [-0.3, -0.25) is 4.79 Å². The minimum Gasteiger partial charge on any atom is -0.382 e. The molecule has 0 spiro atoms. The molecule has 0 aliphatic carbocycles. The van der Waals surface area contributed by atoms with E-state index in [1.54, 1.807) is 7.11 Å². The fraction of sp³-hybridized carbons (Fsp3) is 0.909. The highest BCUT2D eigenvalue weighted by atomic mass is 16.5. The first kappa shape index (κ1) is 14.4. The van der Waals surface area contributed by atoms with Crippen molar-refractivity contribution in [2.75, 3.05) is 13.7 Å². The molecule has 0 rings (SSSR count). The van der Waals surface area contributed by atoms with Crippen molar-refractivity contribution in [3.05, 3.63) is 0 Å². The van der Waals surface area contributed by atoms with E-state index >= 15 is 0 Å². The number of hydrogen-bond donors (Lipinski definition) is 2. The van der Waals surface area contributed by atoms with Crippen LogP contribution in [0.25, 0.3) is 0 Å². The molecule has 90 valence electrons. The lowest BCUT2D eigenvalue weighted by molar-refractivity contribution is -0.123. The summed E-state index contributed by atoms with van der Waals surface area (Å²) in [6.45, 7) is 6.51. The summed E-state index contributed by atoms with van der Waals surface area (Å²) in [6.07, 6.45) is 2.18. The maximum Gasteiger partial charge on any atom is 0.220 e. The van der Waals surface area contributed by atoms with Crippen LogP contribution in [0.15, 0.2) is 0 Å². The van der Waals surface area contributed by atoms with Crippen LogP contribution in [0, 0.1) is 0 Å². The van der Waals surface area contributed by atoms with Crippen molar-refractivity contribution in [2.24, 2.45) is 5.73 Å². The molecule has 15 heavy (non-hydrogen) atoms. The number of amides is 1. The van der Waals surface area contributed by atoms with Crippen molar-refractivity contribution >= 4 is 5.91 Å². The van der Waals surface area contributed by atoms with E-state index in [2.05, 4.69) is 5.32 Å². The number of hydrogen-bond acceptors (Lipinski definition) is 3. The largest absolute Gasteiger partial charge is 0.382 e. The molecule has 0 aromatic rings. The molecule has 4 nitrogen and oxygen atoms in total. The number of nitrogens with two attached hydrogens (primary N) is 1. The highest BCUT2D eigenvalue weighted by molar-refractivity contribution is 5.76. The van der Waals surface area contributed by atoms with Gasteiger partial charge < -0.3 is 15.8 Å². The van der Waals surface area contributed by atoms with Gasteiger partial charge in [-0.2, -0.15) is 0 Å². The second-order valence-corrected chi connectivity index (χ2v) is 4.56. The number of carbonyl (C=O) groups excluding carboxylic acids is 1. The maximum atomic E-state index is 11.5. The van der Waals surface area contributed by atoms with Crippen molar-refractivity contribution in [1.29, 1.82) is 0 Å². The van der Waals surface area contributed by atoms with Crippen LogP contribution in [0.2, 0.25) is 0 Å². The van der Waals surface area contributed by atoms with Gasteiger partial charge in [0.05, 0.1) is 6.10 Å². The topological polar surface area (TPSA) is 64.3 Å². The lowest BCUT2D eigenvalue weighted by atomic mass is 10.0. The van der Waals surface area contributed by atoms with Gasteiger partial charge >= 0.3 is 0 Å². The first-order chi connectivity index (χ1) is 6.91. The van der Waals surface area contributed by atoms with Crippen LogP contribution in [-0.2, 0) is 9.53 Å². The van der Waals surface area contributed by atoms with Crippen molar-refractivity contribution in [1.82, 2.24) is 5.32 Å². The summed E-state index contributed by atoms with van der Waals surface area (Å²) in [4.78, 5) is 11.5. The number of methoxy groups -OCH3 is 1. The van der Waals surface area contributed by atoms with Gasteiger partial charge in [0.2, 0.25) is 5.91 Å². The highest BCUT2D eigenvalue weighted by Crippen LogP contribution is 2.08. The third-order valence-corrected chi connectivity index (χ3v) is 2.43. The van der Waals surface area contributed by atoms with E-state index in [4.69, 9.17) is 10.5 Å². The second kappa shape index (κ2) is 6.80.